The maximum atomic E-state index is 9.27. The maximum Gasteiger partial charge on any atom is 0.194 e. The molecule has 3 rings (SSSR count). The van der Waals surface area contributed by atoms with Crippen LogP contribution in [-0.2, 0) is 6.42 Å². The van der Waals surface area contributed by atoms with Crippen LogP contribution >= 0.6 is 11.3 Å². The topological polar surface area (TPSA) is 37.5 Å². The number of nitrogens with zero attached hydrogens (tertiary/aromatic N) is 2. The molecule has 0 fully saturated rings. The molecular weight excluding hydrogens is 244 g/mol. The van der Waals surface area contributed by atoms with Crippen LogP contribution in [0, 0.1) is 5.92 Å². The molecule has 0 aliphatic rings. The highest BCUT2D eigenvalue weighted by Gasteiger charge is 2.09. The Morgan fingerprint density at radius 3 is 3.11 bits per heavy atom. The predicted molar refractivity (Wildman–Crippen MR) is 75.1 cm³/mol. The first-order valence-corrected chi connectivity index (χ1v) is 7.08. The van der Waals surface area contributed by atoms with Crippen LogP contribution in [0.25, 0.3) is 15.2 Å². The van der Waals surface area contributed by atoms with Crippen molar-refractivity contribution in [2.24, 2.45) is 5.92 Å². The molecule has 0 radical (unpaired) electrons. The summed E-state index contributed by atoms with van der Waals surface area (Å²) in [5.41, 5.74) is 2.52. The van der Waals surface area contributed by atoms with Crippen LogP contribution in [0.2, 0.25) is 0 Å². The second-order valence-corrected chi connectivity index (χ2v) is 5.65. The summed E-state index contributed by atoms with van der Waals surface area (Å²) >= 11 is 1.71. The van der Waals surface area contributed by atoms with Gasteiger partial charge >= 0.3 is 0 Å². The summed E-state index contributed by atoms with van der Waals surface area (Å²) in [6.45, 7) is 2.39. The Kier molecular flexibility index (Phi) is 3.06. The van der Waals surface area contributed by atoms with E-state index in [1.807, 2.05) is 12.4 Å². The number of aliphatic hydroxyl groups is 1. The number of imidazole rings is 1. The minimum atomic E-state index is 0.266. The van der Waals surface area contributed by atoms with Crippen molar-refractivity contribution in [2.45, 2.75) is 19.8 Å². The molecule has 2 aromatic heterocycles. The summed E-state index contributed by atoms with van der Waals surface area (Å²) in [5, 5.41) is 9.27. The molecular formula is C14H16N2OS. The number of thiazole rings is 1. The van der Waals surface area contributed by atoms with Gasteiger partial charge in [-0.2, -0.15) is 0 Å². The van der Waals surface area contributed by atoms with Gasteiger partial charge in [-0.1, -0.05) is 30.7 Å². The fourth-order valence-electron chi connectivity index (χ4n) is 2.28. The van der Waals surface area contributed by atoms with Crippen LogP contribution < -0.4 is 0 Å². The van der Waals surface area contributed by atoms with E-state index in [4.69, 9.17) is 0 Å². The number of hydrogen-bond acceptors (Lipinski definition) is 3. The molecule has 0 aliphatic heterocycles. The van der Waals surface area contributed by atoms with Gasteiger partial charge in [-0.25, -0.2) is 4.98 Å². The molecule has 0 amide bonds. The third kappa shape index (κ3) is 1.91. The van der Waals surface area contributed by atoms with Gasteiger partial charge in [0.2, 0.25) is 0 Å². The molecule has 0 spiro atoms. The summed E-state index contributed by atoms with van der Waals surface area (Å²) in [7, 11) is 0. The minimum Gasteiger partial charge on any atom is -0.396 e. The lowest BCUT2D eigenvalue weighted by Gasteiger charge is -2.11. The first-order chi connectivity index (χ1) is 8.81. The molecule has 2 heterocycles. The van der Waals surface area contributed by atoms with Crippen molar-refractivity contribution in [3.8, 4) is 0 Å². The molecule has 0 bridgehead atoms. The molecule has 1 N–H and O–H groups in total. The van der Waals surface area contributed by atoms with E-state index >= 15 is 0 Å². The van der Waals surface area contributed by atoms with E-state index in [1.54, 1.807) is 11.3 Å². The van der Waals surface area contributed by atoms with Crippen LogP contribution in [0.1, 0.15) is 18.9 Å². The quantitative estimate of drug-likeness (QED) is 0.782. The first kappa shape index (κ1) is 11.7. The summed E-state index contributed by atoms with van der Waals surface area (Å²) in [4.78, 5) is 5.36. The molecule has 3 nitrogen and oxygen atoms in total. The van der Waals surface area contributed by atoms with Crippen molar-refractivity contribution in [3.63, 3.8) is 0 Å². The molecule has 1 unspecified atom stereocenters. The van der Waals surface area contributed by atoms with Crippen LogP contribution in [0.4, 0.5) is 0 Å². The summed E-state index contributed by atoms with van der Waals surface area (Å²) in [5.74, 6) is 0.367. The van der Waals surface area contributed by atoms with Gasteiger partial charge in [0.15, 0.2) is 4.96 Å². The number of hydrogen-bond donors (Lipinski definition) is 1. The lowest BCUT2D eigenvalue weighted by molar-refractivity contribution is 0.222. The second kappa shape index (κ2) is 4.71. The van der Waals surface area contributed by atoms with E-state index in [1.165, 1.54) is 15.8 Å². The van der Waals surface area contributed by atoms with E-state index < -0.39 is 0 Å². The number of aromatic nitrogens is 2. The van der Waals surface area contributed by atoms with Crippen LogP contribution in [0.5, 0.6) is 0 Å². The smallest absolute Gasteiger partial charge is 0.194 e. The zero-order valence-electron chi connectivity index (χ0n) is 10.3. The molecule has 4 heteroatoms. The Hall–Kier alpha value is -1.39. The van der Waals surface area contributed by atoms with Gasteiger partial charge in [-0.05, 0) is 30.0 Å². The summed E-state index contributed by atoms with van der Waals surface area (Å²) in [6.07, 6.45) is 5.79. The molecule has 94 valence electrons. The van der Waals surface area contributed by atoms with E-state index in [9.17, 15) is 5.11 Å². The average molecular weight is 260 g/mol. The van der Waals surface area contributed by atoms with Gasteiger partial charge in [-0.15, -0.1) is 0 Å². The monoisotopic (exact) mass is 260 g/mol. The van der Waals surface area contributed by atoms with Crippen molar-refractivity contribution >= 4 is 26.5 Å². The molecule has 0 saturated heterocycles. The van der Waals surface area contributed by atoms with Gasteiger partial charge in [0.25, 0.3) is 0 Å². The standard InChI is InChI=1S/C14H16N2OS/c1-2-10(9-17)7-11-3-4-12-13(8-11)18-14-15-5-6-16(12)14/h3-6,8,10,17H,2,7,9H2,1H3. The molecule has 0 saturated carbocycles. The van der Waals surface area contributed by atoms with Gasteiger partial charge in [0.05, 0.1) is 10.2 Å². The first-order valence-electron chi connectivity index (χ1n) is 6.27. The predicted octanol–water partition coefficient (Wildman–Crippen LogP) is 3.11. The summed E-state index contributed by atoms with van der Waals surface area (Å²) < 4.78 is 3.39. The Bertz CT molecular complexity index is 667. The van der Waals surface area contributed by atoms with Crippen molar-refractivity contribution in [1.82, 2.24) is 9.38 Å². The molecule has 1 atom stereocenters. The van der Waals surface area contributed by atoms with E-state index in [0.717, 1.165) is 17.8 Å². The van der Waals surface area contributed by atoms with Crippen molar-refractivity contribution in [3.05, 3.63) is 36.2 Å². The van der Waals surface area contributed by atoms with E-state index in [-0.39, 0.29) is 6.61 Å². The Balaban J connectivity index is 2.00. The SMILES string of the molecule is CCC(CO)Cc1ccc2c(c1)sc1nccn12. The number of benzene rings is 1. The van der Waals surface area contributed by atoms with Crippen molar-refractivity contribution < 1.29 is 5.11 Å². The average Bonchev–Trinajstić information content (AvgIpc) is 2.95. The minimum absolute atomic E-state index is 0.266. The fourth-order valence-corrected chi connectivity index (χ4v) is 3.33. The largest absolute Gasteiger partial charge is 0.396 e. The number of aliphatic hydroxyl groups excluding tert-OH is 1. The van der Waals surface area contributed by atoms with Crippen LogP contribution in [-0.4, -0.2) is 21.1 Å². The Morgan fingerprint density at radius 1 is 1.44 bits per heavy atom. The van der Waals surface area contributed by atoms with E-state index in [0.29, 0.717) is 5.92 Å². The zero-order chi connectivity index (χ0) is 12.5. The second-order valence-electron chi connectivity index (χ2n) is 4.64. The van der Waals surface area contributed by atoms with Crippen LogP contribution in [0.3, 0.4) is 0 Å². The third-order valence-electron chi connectivity index (χ3n) is 3.45. The van der Waals surface area contributed by atoms with Gasteiger partial charge in [0.1, 0.15) is 0 Å². The summed E-state index contributed by atoms with van der Waals surface area (Å²) in [6, 6.07) is 6.54. The fraction of sp³-hybridized carbons (Fsp3) is 0.357. The molecule has 18 heavy (non-hydrogen) atoms. The normalized spacial score (nSPS) is 13.4. The highest BCUT2D eigenvalue weighted by Crippen LogP contribution is 2.27. The van der Waals surface area contributed by atoms with Gasteiger partial charge in [0, 0.05) is 19.0 Å². The number of rotatable bonds is 4. The molecule has 0 aliphatic carbocycles. The van der Waals surface area contributed by atoms with Gasteiger partial charge in [-0.3, -0.25) is 4.40 Å². The maximum absolute atomic E-state index is 9.27. The third-order valence-corrected chi connectivity index (χ3v) is 4.48. The zero-order valence-corrected chi connectivity index (χ0v) is 11.2. The Morgan fingerprint density at radius 2 is 2.33 bits per heavy atom. The van der Waals surface area contributed by atoms with E-state index in [2.05, 4.69) is 34.5 Å². The van der Waals surface area contributed by atoms with Crippen molar-refractivity contribution in [2.75, 3.05) is 6.61 Å². The van der Waals surface area contributed by atoms with Gasteiger partial charge < -0.3 is 5.11 Å². The Labute approximate surface area is 110 Å². The van der Waals surface area contributed by atoms with Crippen molar-refractivity contribution in [1.29, 1.82) is 0 Å². The lowest BCUT2D eigenvalue weighted by Crippen LogP contribution is -2.07. The van der Waals surface area contributed by atoms with Crippen LogP contribution in [0.15, 0.2) is 30.6 Å². The molecule has 1 aromatic carbocycles. The lowest BCUT2D eigenvalue weighted by atomic mass is 9.98. The highest BCUT2D eigenvalue weighted by molar-refractivity contribution is 7.23. The highest BCUT2D eigenvalue weighted by atomic mass is 32.1. The number of fused-ring (bicyclic) bond motifs is 3. The molecule has 3 aromatic rings.